The molecule has 16 heavy (non-hydrogen) atoms. The number of halogens is 3. The van der Waals surface area contributed by atoms with Gasteiger partial charge < -0.3 is 10.5 Å². The number of rotatable bonds is 4. The molecule has 0 aliphatic rings. The highest BCUT2D eigenvalue weighted by Crippen LogP contribution is 2.23. The molecule has 0 heterocycles. The van der Waals surface area contributed by atoms with Crippen molar-refractivity contribution in [2.75, 3.05) is 6.61 Å². The molecule has 0 saturated heterocycles. The molecule has 0 aromatic heterocycles. The van der Waals surface area contributed by atoms with Crippen LogP contribution < -0.4 is 10.5 Å². The predicted molar refractivity (Wildman–Crippen MR) is 59.4 cm³/mol. The maximum absolute atomic E-state index is 13.4. The SMILES string of the molecule is CC(=CCl)COc1c(F)cc(CN)cc1F. The molecule has 0 saturated carbocycles. The fraction of sp³-hybridized carbons (Fsp3) is 0.273. The van der Waals surface area contributed by atoms with Crippen LogP contribution in [0.2, 0.25) is 0 Å². The lowest BCUT2D eigenvalue weighted by molar-refractivity contribution is 0.312. The van der Waals surface area contributed by atoms with Gasteiger partial charge in [-0.2, -0.15) is 0 Å². The molecule has 0 aliphatic carbocycles. The molecular weight excluding hydrogens is 236 g/mol. The van der Waals surface area contributed by atoms with E-state index in [1.807, 2.05) is 0 Å². The zero-order valence-corrected chi connectivity index (χ0v) is 9.52. The summed E-state index contributed by atoms with van der Waals surface area (Å²) in [4.78, 5) is 0. The Morgan fingerprint density at radius 3 is 2.44 bits per heavy atom. The summed E-state index contributed by atoms with van der Waals surface area (Å²) in [6.07, 6.45) is 0. The molecule has 0 amide bonds. The van der Waals surface area contributed by atoms with Crippen molar-refractivity contribution in [1.29, 1.82) is 0 Å². The minimum absolute atomic E-state index is 0.0410. The number of benzene rings is 1. The fourth-order valence-corrected chi connectivity index (χ4v) is 1.15. The Bertz CT molecular complexity index is 384. The second-order valence-corrected chi connectivity index (χ2v) is 3.56. The number of ether oxygens (including phenoxy) is 1. The highest BCUT2D eigenvalue weighted by Gasteiger charge is 2.12. The average molecular weight is 248 g/mol. The van der Waals surface area contributed by atoms with Crippen LogP contribution in [0.25, 0.3) is 0 Å². The van der Waals surface area contributed by atoms with Gasteiger partial charge in [-0.3, -0.25) is 0 Å². The van der Waals surface area contributed by atoms with E-state index < -0.39 is 17.4 Å². The van der Waals surface area contributed by atoms with Crippen LogP contribution in [0.4, 0.5) is 8.78 Å². The second-order valence-electron chi connectivity index (χ2n) is 3.34. The molecule has 0 unspecified atom stereocenters. The van der Waals surface area contributed by atoms with Crippen molar-refractivity contribution in [2.24, 2.45) is 5.73 Å². The van der Waals surface area contributed by atoms with Gasteiger partial charge in [0.2, 0.25) is 0 Å². The number of hydrogen-bond donors (Lipinski definition) is 1. The van der Waals surface area contributed by atoms with E-state index in [2.05, 4.69) is 0 Å². The lowest BCUT2D eigenvalue weighted by Gasteiger charge is -2.09. The molecule has 2 N–H and O–H groups in total. The van der Waals surface area contributed by atoms with Crippen molar-refractivity contribution in [3.05, 3.63) is 40.4 Å². The first kappa shape index (κ1) is 12.9. The quantitative estimate of drug-likeness (QED) is 0.888. The highest BCUT2D eigenvalue weighted by molar-refractivity contribution is 6.25. The first-order valence-corrected chi connectivity index (χ1v) is 5.08. The highest BCUT2D eigenvalue weighted by atomic mass is 35.5. The summed E-state index contributed by atoms with van der Waals surface area (Å²) in [6, 6.07) is 2.30. The van der Waals surface area contributed by atoms with Gasteiger partial charge in [-0.25, -0.2) is 8.78 Å². The Morgan fingerprint density at radius 2 is 2.00 bits per heavy atom. The summed E-state index contributed by atoms with van der Waals surface area (Å²) in [7, 11) is 0. The summed E-state index contributed by atoms with van der Waals surface area (Å²) >= 11 is 5.40. The Balaban J connectivity index is 2.88. The van der Waals surface area contributed by atoms with Crippen molar-refractivity contribution in [1.82, 2.24) is 0 Å². The lowest BCUT2D eigenvalue weighted by atomic mass is 10.2. The van der Waals surface area contributed by atoms with Gasteiger partial charge in [0.05, 0.1) is 0 Å². The Hall–Kier alpha value is -1.13. The van der Waals surface area contributed by atoms with Crippen LogP contribution in [0.3, 0.4) is 0 Å². The van der Waals surface area contributed by atoms with Crippen molar-refractivity contribution >= 4 is 11.6 Å². The first-order valence-electron chi connectivity index (χ1n) is 4.65. The summed E-state index contributed by atoms with van der Waals surface area (Å²) in [6.45, 7) is 1.81. The molecule has 88 valence electrons. The van der Waals surface area contributed by atoms with Crippen molar-refractivity contribution in [3.8, 4) is 5.75 Å². The molecule has 5 heteroatoms. The van der Waals surface area contributed by atoms with E-state index in [9.17, 15) is 8.78 Å². The molecular formula is C11H12ClF2NO. The average Bonchev–Trinajstić information content (AvgIpc) is 2.27. The molecule has 0 radical (unpaired) electrons. The van der Waals surface area contributed by atoms with Crippen LogP contribution in [0.1, 0.15) is 12.5 Å². The van der Waals surface area contributed by atoms with Gasteiger partial charge in [0, 0.05) is 12.1 Å². The second kappa shape index (κ2) is 5.82. The van der Waals surface area contributed by atoms with Gasteiger partial charge in [-0.05, 0) is 30.2 Å². The van der Waals surface area contributed by atoms with Gasteiger partial charge >= 0.3 is 0 Å². The van der Waals surface area contributed by atoms with E-state index in [1.54, 1.807) is 6.92 Å². The van der Waals surface area contributed by atoms with Gasteiger partial charge in [-0.1, -0.05) is 11.6 Å². The summed E-state index contributed by atoms with van der Waals surface area (Å²) in [5, 5.41) is 0. The largest absolute Gasteiger partial charge is 0.483 e. The van der Waals surface area contributed by atoms with Crippen molar-refractivity contribution < 1.29 is 13.5 Å². The lowest BCUT2D eigenvalue weighted by Crippen LogP contribution is -2.05. The molecule has 1 rings (SSSR count). The molecule has 1 aromatic carbocycles. The smallest absolute Gasteiger partial charge is 0.191 e. The zero-order valence-electron chi connectivity index (χ0n) is 8.77. The van der Waals surface area contributed by atoms with Gasteiger partial charge in [0.25, 0.3) is 0 Å². The van der Waals surface area contributed by atoms with Crippen LogP contribution in [0.15, 0.2) is 23.2 Å². The Labute approximate surface area is 97.7 Å². The van der Waals surface area contributed by atoms with Crippen LogP contribution in [-0.4, -0.2) is 6.61 Å². The third-order valence-electron chi connectivity index (χ3n) is 1.92. The Morgan fingerprint density at radius 1 is 1.44 bits per heavy atom. The monoisotopic (exact) mass is 247 g/mol. The van der Waals surface area contributed by atoms with Gasteiger partial charge in [0.1, 0.15) is 6.61 Å². The number of nitrogens with two attached hydrogens (primary N) is 1. The maximum atomic E-state index is 13.4. The van der Waals surface area contributed by atoms with E-state index in [4.69, 9.17) is 22.1 Å². The van der Waals surface area contributed by atoms with Crippen LogP contribution in [0.5, 0.6) is 5.75 Å². The zero-order chi connectivity index (χ0) is 12.1. The van der Waals surface area contributed by atoms with Gasteiger partial charge in [-0.15, -0.1) is 0 Å². The summed E-state index contributed by atoms with van der Waals surface area (Å²) in [5.74, 6) is -1.93. The van der Waals surface area contributed by atoms with Gasteiger partial charge in [0.15, 0.2) is 17.4 Å². The van der Waals surface area contributed by atoms with Crippen LogP contribution >= 0.6 is 11.6 Å². The normalized spacial score (nSPS) is 11.7. The summed E-state index contributed by atoms with van der Waals surface area (Å²) < 4.78 is 31.7. The topological polar surface area (TPSA) is 35.2 Å². The summed E-state index contributed by atoms with van der Waals surface area (Å²) in [5.41, 5.74) is 7.63. The predicted octanol–water partition coefficient (Wildman–Crippen LogP) is 2.94. The standard InChI is InChI=1S/C11H12ClF2NO/c1-7(4-12)6-16-11-9(13)2-8(5-15)3-10(11)14/h2-4H,5-6,15H2,1H3. The third kappa shape index (κ3) is 3.18. The Kier molecular flexibility index (Phi) is 4.71. The molecule has 0 atom stereocenters. The third-order valence-corrected chi connectivity index (χ3v) is 2.30. The molecule has 0 aliphatic heterocycles. The molecule has 0 spiro atoms. The van der Waals surface area contributed by atoms with E-state index in [0.29, 0.717) is 11.1 Å². The van der Waals surface area contributed by atoms with Crippen molar-refractivity contribution in [2.45, 2.75) is 13.5 Å². The minimum Gasteiger partial charge on any atom is -0.483 e. The first-order chi connectivity index (χ1) is 7.58. The molecule has 0 fully saturated rings. The molecule has 2 nitrogen and oxygen atoms in total. The van der Waals surface area contributed by atoms with Crippen molar-refractivity contribution in [3.63, 3.8) is 0 Å². The van der Waals surface area contributed by atoms with Crippen LogP contribution in [0, 0.1) is 11.6 Å². The fourth-order valence-electron chi connectivity index (χ4n) is 1.09. The maximum Gasteiger partial charge on any atom is 0.191 e. The van der Waals surface area contributed by atoms with Crippen LogP contribution in [-0.2, 0) is 6.54 Å². The van der Waals surface area contributed by atoms with E-state index in [-0.39, 0.29) is 13.2 Å². The van der Waals surface area contributed by atoms with E-state index in [0.717, 1.165) is 12.1 Å². The molecule has 1 aromatic rings. The van der Waals surface area contributed by atoms with E-state index >= 15 is 0 Å². The molecule has 0 bridgehead atoms. The minimum atomic E-state index is -0.761. The van der Waals surface area contributed by atoms with E-state index in [1.165, 1.54) is 5.54 Å². The number of hydrogen-bond acceptors (Lipinski definition) is 2.